The molecule has 3 rings (SSSR count). The standard InChI is InChI=1S/C19H20ClNO4/c1-11-17-15(21-18(11)19(23)25-8-7-24-2)9-12(10-16(17)22)13-5-3-4-6-14(13)20/h3-6,12,21H,7-10H2,1-2H3. The van der Waals surface area contributed by atoms with Crippen molar-refractivity contribution in [1.29, 1.82) is 0 Å². The van der Waals surface area contributed by atoms with Crippen LogP contribution in [0.25, 0.3) is 0 Å². The summed E-state index contributed by atoms with van der Waals surface area (Å²) in [5.74, 6) is -0.439. The molecular formula is C19H20ClNO4. The molecule has 2 aromatic rings. The van der Waals surface area contributed by atoms with Crippen molar-refractivity contribution in [3.63, 3.8) is 0 Å². The van der Waals surface area contributed by atoms with Crippen molar-refractivity contribution in [1.82, 2.24) is 4.98 Å². The number of ketones is 1. The first-order valence-electron chi connectivity index (χ1n) is 8.18. The first kappa shape index (κ1) is 17.7. The lowest BCUT2D eigenvalue weighted by molar-refractivity contribution is 0.0381. The summed E-state index contributed by atoms with van der Waals surface area (Å²) in [4.78, 5) is 28.0. The summed E-state index contributed by atoms with van der Waals surface area (Å²) in [6, 6.07) is 7.56. The van der Waals surface area contributed by atoms with Crippen molar-refractivity contribution >= 4 is 23.4 Å². The average Bonchev–Trinajstić information content (AvgIpc) is 2.92. The highest BCUT2D eigenvalue weighted by atomic mass is 35.5. The maximum absolute atomic E-state index is 12.7. The summed E-state index contributed by atoms with van der Waals surface area (Å²) in [6.45, 7) is 2.28. The molecule has 1 aliphatic rings. The number of fused-ring (bicyclic) bond motifs is 1. The Labute approximate surface area is 151 Å². The number of aromatic nitrogens is 1. The lowest BCUT2D eigenvalue weighted by atomic mass is 9.81. The number of carbonyl (C=O) groups is 2. The smallest absolute Gasteiger partial charge is 0.355 e. The van der Waals surface area contributed by atoms with Crippen LogP contribution in [0.5, 0.6) is 0 Å². The SMILES string of the molecule is COCCOC(=O)c1[nH]c2c(c1C)C(=O)CC(c1ccccc1Cl)C2. The van der Waals surface area contributed by atoms with Crippen LogP contribution < -0.4 is 0 Å². The van der Waals surface area contributed by atoms with E-state index < -0.39 is 5.97 Å². The number of H-pyrrole nitrogens is 1. The van der Waals surface area contributed by atoms with E-state index in [-0.39, 0.29) is 18.3 Å². The van der Waals surface area contributed by atoms with E-state index in [2.05, 4.69) is 4.98 Å². The van der Waals surface area contributed by atoms with Crippen LogP contribution >= 0.6 is 11.6 Å². The molecule has 25 heavy (non-hydrogen) atoms. The van der Waals surface area contributed by atoms with Crippen LogP contribution in [-0.2, 0) is 15.9 Å². The number of hydrogen-bond acceptors (Lipinski definition) is 4. The molecule has 1 unspecified atom stereocenters. The molecule has 1 aromatic carbocycles. The molecular weight excluding hydrogens is 342 g/mol. The van der Waals surface area contributed by atoms with Crippen molar-refractivity contribution in [2.24, 2.45) is 0 Å². The molecule has 0 bridgehead atoms. The van der Waals surface area contributed by atoms with Crippen LogP contribution in [0.4, 0.5) is 0 Å². The van der Waals surface area contributed by atoms with E-state index in [9.17, 15) is 9.59 Å². The van der Waals surface area contributed by atoms with Gasteiger partial charge in [-0.1, -0.05) is 29.8 Å². The number of esters is 1. The first-order valence-corrected chi connectivity index (χ1v) is 8.55. The van der Waals surface area contributed by atoms with Crippen molar-refractivity contribution in [3.8, 4) is 0 Å². The van der Waals surface area contributed by atoms with E-state index in [1.807, 2.05) is 24.3 Å². The number of ether oxygens (including phenoxy) is 2. The molecule has 0 amide bonds. The van der Waals surface area contributed by atoms with Gasteiger partial charge in [-0.3, -0.25) is 4.79 Å². The lowest BCUT2D eigenvalue weighted by Gasteiger charge is -2.22. The molecule has 0 spiro atoms. The minimum atomic E-state index is -0.467. The van der Waals surface area contributed by atoms with Gasteiger partial charge in [0.1, 0.15) is 12.3 Å². The second-order valence-electron chi connectivity index (χ2n) is 6.16. The van der Waals surface area contributed by atoms with Crippen LogP contribution in [0.1, 0.15) is 50.0 Å². The van der Waals surface area contributed by atoms with Gasteiger partial charge in [-0.25, -0.2) is 4.79 Å². The van der Waals surface area contributed by atoms with E-state index in [0.29, 0.717) is 41.3 Å². The van der Waals surface area contributed by atoms with Crippen LogP contribution in [0.2, 0.25) is 5.02 Å². The summed E-state index contributed by atoms with van der Waals surface area (Å²) in [6.07, 6.45) is 1.02. The largest absolute Gasteiger partial charge is 0.459 e. The molecule has 1 N–H and O–H groups in total. The van der Waals surface area contributed by atoms with E-state index in [1.54, 1.807) is 14.0 Å². The molecule has 6 heteroatoms. The summed E-state index contributed by atoms with van der Waals surface area (Å²) in [5, 5.41) is 0.659. The van der Waals surface area contributed by atoms with Gasteiger partial charge < -0.3 is 14.5 Å². The Morgan fingerprint density at radius 1 is 1.28 bits per heavy atom. The van der Waals surface area contributed by atoms with Crippen LogP contribution in [-0.4, -0.2) is 37.1 Å². The minimum Gasteiger partial charge on any atom is -0.459 e. The maximum atomic E-state index is 12.7. The number of hydrogen-bond donors (Lipinski definition) is 1. The zero-order chi connectivity index (χ0) is 18.0. The summed E-state index contributed by atoms with van der Waals surface area (Å²) >= 11 is 6.28. The number of Topliss-reactive ketones (excluding diaryl/α,β-unsaturated/α-hetero) is 1. The molecule has 1 aromatic heterocycles. The number of methoxy groups -OCH3 is 1. The molecule has 132 valence electrons. The van der Waals surface area contributed by atoms with Crippen LogP contribution in [0.3, 0.4) is 0 Å². The Morgan fingerprint density at radius 3 is 2.76 bits per heavy atom. The number of benzene rings is 1. The second kappa shape index (κ2) is 7.42. The average molecular weight is 362 g/mol. The quantitative estimate of drug-likeness (QED) is 0.651. The summed E-state index contributed by atoms with van der Waals surface area (Å²) in [7, 11) is 1.54. The maximum Gasteiger partial charge on any atom is 0.355 e. The van der Waals surface area contributed by atoms with Crippen LogP contribution in [0.15, 0.2) is 24.3 Å². The van der Waals surface area contributed by atoms with Crippen LogP contribution in [0, 0.1) is 6.92 Å². The third-order valence-corrected chi connectivity index (χ3v) is 4.90. The third-order valence-electron chi connectivity index (χ3n) is 4.56. The number of nitrogens with one attached hydrogen (secondary N) is 1. The number of aromatic amines is 1. The molecule has 1 aliphatic carbocycles. The van der Waals surface area contributed by atoms with Crippen molar-refractivity contribution in [3.05, 3.63) is 57.4 Å². The second-order valence-corrected chi connectivity index (χ2v) is 6.56. The van der Waals surface area contributed by atoms with Crippen molar-refractivity contribution in [2.45, 2.75) is 25.7 Å². The number of rotatable bonds is 5. The Hall–Kier alpha value is -2.11. The van der Waals surface area contributed by atoms with E-state index in [0.717, 1.165) is 11.3 Å². The van der Waals surface area contributed by atoms with Gasteiger partial charge in [0.15, 0.2) is 5.78 Å². The molecule has 0 saturated carbocycles. The summed E-state index contributed by atoms with van der Waals surface area (Å²) in [5.41, 5.74) is 3.34. The molecule has 0 aliphatic heterocycles. The molecule has 5 nitrogen and oxygen atoms in total. The zero-order valence-electron chi connectivity index (χ0n) is 14.2. The highest BCUT2D eigenvalue weighted by Crippen LogP contribution is 2.37. The Morgan fingerprint density at radius 2 is 2.04 bits per heavy atom. The minimum absolute atomic E-state index is 0.00381. The molecule has 0 radical (unpaired) electrons. The van der Waals surface area contributed by atoms with E-state index >= 15 is 0 Å². The van der Waals surface area contributed by atoms with Gasteiger partial charge in [-0.05, 0) is 36.5 Å². The van der Waals surface area contributed by atoms with Gasteiger partial charge in [0.25, 0.3) is 0 Å². The first-order chi connectivity index (χ1) is 12.0. The fraction of sp³-hybridized carbons (Fsp3) is 0.368. The van der Waals surface area contributed by atoms with Crippen molar-refractivity contribution in [2.75, 3.05) is 20.3 Å². The van der Waals surface area contributed by atoms with E-state index in [4.69, 9.17) is 21.1 Å². The Kier molecular flexibility index (Phi) is 5.25. The predicted octanol–water partition coefficient (Wildman–Crippen LogP) is 3.69. The van der Waals surface area contributed by atoms with Gasteiger partial charge >= 0.3 is 5.97 Å². The molecule has 0 saturated heterocycles. The fourth-order valence-corrected chi connectivity index (χ4v) is 3.64. The van der Waals surface area contributed by atoms with E-state index in [1.165, 1.54) is 0 Å². The predicted molar refractivity (Wildman–Crippen MR) is 94.5 cm³/mol. The highest BCUT2D eigenvalue weighted by Gasteiger charge is 2.32. The molecule has 1 atom stereocenters. The topological polar surface area (TPSA) is 68.4 Å². The normalized spacial score (nSPS) is 16.6. The van der Waals surface area contributed by atoms with Gasteiger partial charge in [0.05, 0.1) is 6.61 Å². The monoisotopic (exact) mass is 361 g/mol. The summed E-state index contributed by atoms with van der Waals surface area (Å²) < 4.78 is 10.0. The molecule has 0 fully saturated rings. The van der Waals surface area contributed by atoms with Gasteiger partial charge in [0, 0.05) is 29.8 Å². The zero-order valence-corrected chi connectivity index (χ0v) is 15.0. The Bertz CT molecular complexity index is 812. The van der Waals surface area contributed by atoms with Gasteiger partial charge in [-0.15, -0.1) is 0 Å². The number of halogens is 1. The van der Waals surface area contributed by atoms with Crippen molar-refractivity contribution < 1.29 is 19.1 Å². The van der Waals surface area contributed by atoms with Gasteiger partial charge in [0.2, 0.25) is 0 Å². The third kappa shape index (κ3) is 3.48. The van der Waals surface area contributed by atoms with Gasteiger partial charge in [-0.2, -0.15) is 0 Å². The number of carbonyl (C=O) groups excluding carboxylic acids is 2. The molecule has 1 heterocycles. The Balaban J connectivity index is 1.87. The fourth-order valence-electron chi connectivity index (χ4n) is 3.35. The lowest BCUT2D eigenvalue weighted by Crippen LogP contribution is -2.18. The highest BCUT2D eigenvalue weighted by molar-refractivity contribution is 6.31.